The number of anilines is 1. The standard InChI is InChI=1S/C43H56N6O7/c1-4-55-38(51)27-46-18-11-30(12-19-46)31-13-20-47(21-14-31)41(52)40(29(3)34-25-28(2)39-33(26-34)9-10-37(50)45-39)56-43(54)48-22-16-35(17-23-48)49-24-15-32-7-5-6-8-36(32)44-42(49)53/h5-10,25-26,29-31,35,40H,4,11-24,27H2,1-3H3,(H,44,53)(H,45,50)/t29-,40?/m1/s1. The van der Waals surface area contributed by atoms with Crippen LogP contribution < -0.4 is 10.9 Å². The van der Waals surface area contributed by atoms with Gasteiger partial charge >= 0.3 is 18.1 Å². The molecule has 13 nitrogen and oxygen atoms in total. The number of likely N-dealkylation sites (tertiary alicyclic amines) is 3. The summed E-state index contributed by atoms with van der Waals surface area (Å²) in [4.78, 5) is 76.3. The maximum atomic E-state index is 14.5. The Hall–Kier alpha value is -4.91. The molecule has 3 saturated heterocycles. The Bertz CT molecular complexity index is 1960. The number of amides is 4. The minimum absolute atomic E-state index is 0.0113. The van der Waals surface area contributed by atoms with Crippen LogP contribution in [0.15, 0.2) is 53.3 Å². The molecule has 0 radical (unpaired) electrons. The number of H-pyrrole nitrogens is 1. The molecule has 56 heavy (non-hydrogen) atoms. The minimum atomic E-state index is -1.04. The first kappa shape index (κ1) is 39.3. The number of rotatable bonds is 9. The predicted octanol–water partition coefficient (Wildman–Crippen LogP) is 5.51. The summed E-state index contributed by atoms with van der Waals surface area (Å²) in [5.41, 5.74) is 4.24. The third-order valence-corrected chi connectivity index (χ3v) is 12.6. The number of fused-ring (bicyclic) bond motifs is 2. The van der Waals surface area contributed by atoms with Gasteiger partial charge in [0, 0.05) is 56.4 Å². The zero-order valence-electron chi connectivity index (χ0n) is 33.0. The topological polar surface area (TPSA) is 145 Å². The summed E-state index contributed by atoms with van der Waals surface area (Å²) >= 11 is 0. The van der Waals surface area contributed by atoms with Gasteiger partial charge in [-0.25, -0.2) is 9.59 Å². The van der Waals surface area contributed by atoms with Gasteiger partial charge in [0.1, 0.15) is 0 Å². The summed E-state index contributed by atoms with van der Waals surface area (Å²) in [6, 6.07) is 14.9. The van der Waals surface area contributed by atoms with E-state index in [-0.39, 0.29) is 29.5 Å². The normalized spacial score (nSPS) is 20.2. The number of benzene rings is 2. The van der Waals surface area contributed by atoms with Gasteiger partial charge < -0.3 is 34.5 Å². The summed E-state index contributed by atoms with van der Waals surface area (Å²) in [5, 5.41) is 3.90. The second-order valence-corrected chi connectivity index (χ2v) is 16.0. The van der Waals surface area contributed by atoms with Crippen molar-refractivity contribution >= 4 is 40.6 Å². The van der Waals surface area contributed by atoms with Crippen molar-refractivity contribution in [1.29, 1.82) is 0 Å². The van der Waals surface area contributed by atoms with E-state index in [1.54, 1.807) is 11.0 Å². The van der Waals surface area contributed by atoms with Crippen LogP contribution in [0.2, 0.25) is 0 Å². The molecule has 0 bridgehead atoms. The van der Waals surface area contributed by atoms with E-state index in [0.29, 0.717) is 70.6 Å². The van der Waals surface area contributed by atoms with Crippen molar-refractivity contribution in [3.05, 3.63) is 75.6 Å². The van der Waals surface area contributed by atoms with Crippen LogP contribution in [-0.4, -0.2) is 120 Å². The number of aromatic nitrogens is 1. The quantitative estimate of drug-likeness (QED) is 0.271. The first-order chi connectivity index (χ1) is 27.1. The minimum Gasteiger partial charge on any atom is -0.465 e. The van der Waals surface area contributed by atoms with Crippen LogP contribution in [0.3, 0.4) is 0 Å². The van der Waals surface area contributed by atoms with E-state index in [0.717, 1.165) is 78.5 Å². The number of hydrogen-bond acceptors (Lipinski definition) is 8. The fraction of sp³-hybridized carbons (Fsp3) is 0.558. The zero-order chi connectivity index (χ0) is 39.3. The van der Waals surface area contributed by atoms with Crippen molar-refractivity contribution in [1.82, 2.24) is 24.6 Å². The van der Waals surface area contributed by atoms with Gasteiger partial charge in [0.25, 0.3) is 5.91 Å². The molecule has 13 heteroatoms. The van der Waals surface area contributed by atoms with Crippen molar-refractivity contribution < 1.29 is 28.7 Å². The maximum Gasteiger partial charge on any atom is 0.410 e. The van der Waals surface area contributed by atoms with E-state index in [1.165, 1.54) is 6.07 Å². The number of nitrogens with zero attached hydrogens (tertiary/aromatic N) is 4. The molecule has 1 aromatic heterocycles. The van der Waals surface area contributed by atoms with Crippen LogP contribution in [0.25, 0.3) is 10.9 Å². The van der Waals surface area contributed by atoms with E-state index in [4.69, 9.17) is 9.47 Å². The Morgan fingerprint density at radius 1 is 0.839 bits per heavy atom. The number of aromatic amines is 1. The van der Waals surface area contributed by atoms with E-state index < -0.39 is 18.1 Å². The summed E-state index contributed by atoms with van der Waals surface area (Å²) in [7, 11) is 0. The van der Waals surface area contributed by atoms with Gasteiger partial charge in [-0.05, 0) is 124 Å². The highest BCUT2D eigenvalue weighted by Gasteiger charge is 2.39. The number of esters is 1. The third-order valence-electron chi connectivity index (χ3n) is 12.6. The number of ether oxygens (including phenoxy) is 2. The summed E-state index contributed by atoms with van der Waals surface area (Å²) in [6.07, 6.45) is 4.24. The van der Waals surface area contributed by atoms with Crippen LogP contribution in [0.5, 0.6) is 0 Å². The molecule has 2 aromatic carbocycles. The van der Waals surface area contributed by atoms with Crippen LogP contribution in [0.4, 0.5) is 15.3 Å². The molecule has 3 aromatic rings. The first-order valence-corrected chi connectivity index (χ1v) is 20.5. The molecule has 3 fully saturated rings. The van der Waals surface area contributed by atoms with Crippen molar-refractivity contribution in [3.8, 4) is 0 Å². The lowest BCUT2D eigenvalue weighted by Crippen LogP contribution is -2.52. The number of nitrogens with one attached hydrogen (secondary N) is 2. The highest BCUT2D eigenvalue weighted by molar-refractivity contribution is 5.91. The van der Waals surface area contributed by atoms with Crippen molar-refractivity contribution in [2.45, 2.75) is 83.8 Å². The van der Waals surface area contributed by atoms with Gasteiger partial charge in [-0.3, -0.25) is 19.3 Å². The van der Waals surface area contributed by atoms with Gasteiger partial charge in [0.15, 0.2) is 6.10 Å². The smallest absolute Gasteiger partial charge is 0.410 e. The van der Waals surface area contributed by atoms with Crippen LogP contribution in [-0.2, 0) is 25.5 Å². The summed E-state index contributed by atoms with van der Waals surface area (Å²) in [6.45, 7) is 10.8. The van der Waals surface area contributed by atoms with Crippen LogP contribution in [0.1, 0.15) is 75.0 Å². The van der Waals surface area contributed by atoms with Crippen molar-refractivity contribution in [2.75, 3.05) is 64.3 Å². The fourth-order valence-corrected chi connectivity index (χ4v) is 9.30. The fourth-order valence-electron chi connectivity index (χ4n) is 9.30. The number of carbonyl (C=O) groups excluding carboxylic acids is 4. The Labute approximate surface area is 328 Å². The Balaban J connectivity index is 1.01. The van der Waals surface area contributed by atoms with Gasteiger partial charge in [0.05, 0.1) is 18.7 Å². The first-order valence-electron chi connectivity index (χ1n) is 20.5. The number of aryl methyl sites for hydroxylation is 1. The van der Waals surface area contributed by atoms with Crippen LogP contribution in [0, 0.1) is 18.8 Å². The molecular weight excluding hydrogens is 713 g/mol. The van der Waals surface area contributed by atoms with Gasteiger partial charge in [-0.2, -0.15) is 0 Å². The molecule has 4 amide bonds. The third kappa shape index (κ3) is 8.88. The zero-order valence-corrected chi connectivity index (χ0v) is 33.0. The second-order valence-electron chi connectivity index (χ2n) is 16.0. The molecule has 0 aliphatic carbocycles. The molecule has 7 rings (SSSR count). The largest absolute Gasteiger partial charge is 0.465 e. The molecule has 2 N–H and O–H groups in total. The lowest BCUT2D eigenvalue weighted by Gasteiger charge is -2.41. The monoisotopic (exact) mass is 768 g/mol. The highest BCUT2D eigenvalue weighted by atomic mass is 16.6. The molecule has 0 spiro atoms. The molecule has 5 heterocycles. The van der Waals surface area contributed by atoms with Crippen molar-refractivity contribution in [3.63, 3.8) is 0 Å². The van der Waals surface area contributed by atoms with Gasteiger partial charge in [0.2, 0.25) is 5.56 Å². The lowest BCUT2D eigenvalue weighted by atomic mass is 9.78. The average molecular weight is 769 g/mol. The van der Waals surface area contributed by atoms with E-state index >= 15 is 0 Å². The molecular formula is C43H56N6O7. The number of piperidine rings is 3. The number of urea groups is 1. The molecule has 4 aliphatic heterocycles. The maximum absolute atomic E-state index is 14.5. The SMILES string of the molecule is CCOC(=O)CN1CCC(C2CCN(C(=O)C(OC(=O)N3CCC(N4CCc5ccccc5NC4=O)CC3)[C@H](C)c3cc(C)c4[nH]c(=O)ccc4c3)CC2)CC1. The van der Waals surface area contributed by atoms with E-state index in [9.17, 15) is 24.0 Å². The number of carbonyl (C=O) groups is 4. The lowest BCUT2D eigenvalue weighted by molar-refractivity contribution is -0.144. The number of hydrogen-bond donors (Lipinski definition) is 2. The molecule has 0 saturated carbocycles. The van der Waals surface area contributed by atoms with Crippen molar-refractivity contribution in [2.24, 2.45) is 11.8 Å². The predicted molar refractivity (Wildman–Crippen MR) is 214 cm³/mol. The van der Waals surface area contributed by atoms with E-state index in [2.05, 4.69) is 15.2 Å². The number of para-hydroxylation sites is 1. The molecule has 300 valence electrons. The van der Waals surface area contributed by atoms with Crippen LogP contribution >= 0.6 is 0 Å². The van der Waals surface area contributed by atoms with Gasteiger partial charge in [-0.15, -0.1) is 0 Å². The molecule has 2 atom stereocenters. The number of pyridine rings is 1. The van der Waals surface area contributed by atoms with Gasteiger partial charge in [-0.1, -0.05) is 31.2 Å². The second kappa shape index (κ2) is 17.5. The summed E-state index contributed by atoms with van der Waals surface area (Å²) < 4.78 is 11.4. The molecule has 4 aliphatic rings. The average Bonchev–Trinajstić information content (AvgIpc) is 3.38. The Morgan fingerprint density at radius 2 is 1.52 bits per heavy atom. The van der Waals surface area contributed by atoms with E-state index in [1.807, 2.05) is 67.0 Å². The Morgan fingerprint density at radius 3 is 2.23 bits per heavy atom. The summed E-state index contributed by atoms with van der Waals surface area (Å²) in [5.74, 6) is 0.221. The molecule has 1 unspecified atom stereocenters. The Kier molecular flexibility index (Phi) is 12.3. The highest BCUT2D eigenvalue weighted by Crippen LogP contribution is 2.35.